The fraction of sp³-hybridized carbons (Fsp3) is 0.278. The van der Waals surface area contributed by atoms with Gasteiger partial charge < -0.3 is 4.74 Å². The molecular formula is C18H20N2O2. The van der Waals surface area contributed by atoms with Crippen LogP contribution >= 0.6 is 0 Å². The van der Waals surface area contributed by atoms with Crippen molar-refractivity contribution in [2.45, 2.75) is 26.9 Å². The molecule has 0 spiro atoms. The summed E-state index contributed by atoms with van der Waals surface area (Å²) in [5.41, 5.74) is 3.07. The Morgan fingerprint density at radius 2 is 1.59 bits per heavy atom. The van der Waals surface area contributed by atoms with Crippen LogP contribution in [-0.2, 0) is 13.1 Å². The third-order valence-corrected chi connectivity index (χ3v) is 3.91. The maximum Gasteiger partial charge on any atom is 0.329 e. The van der Waals surface area contributed by atoms with Gasteiger partial charge in [0.1, 0.15) is 12.4 Å². The summed E-state index contributed by atoms with van der Waals surface area (Å²) in [6.07, 6.45) is 0. The van der Waals surface area contributed by atoms with Crippen LogP contribution in [0.5, 0.6) is 5.75 Å². The van der Waals surface area contributed by atoms with Gasteiger partial charge in [-0.1, -0.05) is 30.3 Å². The average molecular weight is 296 g/mol. The maximum absolute atomic E-state index is 12.5. The third-order valence-electron chi connectivity index (χ3n) is 3.91. The predicted octanol–water partition coefficient (Wildman–Crippen LogP) is 3.21. The Balaban J connectivity index is 1.84. The molecule has 22 heavy (non-hydrogen) atoms. The molecule has 0 saturated heterocycles. The van der Waals surface area contributed by atoms with Crippen molar-refractivity contribution in [3.05, 3.63) is 64.6 Å². The number of nitrogens with zero attached hydrogens (tertiary/aromatic N) is 2. The first kappa shape index (κ1) is 14.4. The van der Waals surface area contributed by atoms with Gasteiger partial charge in [-0.25, -0.2) is 4.79 Å². The lowest BCUT2D eigenvalue weighted by molar-refractivity contribution is 0.296. The molecule has 0 aliphatic heterocycles. The number of imidazole rings is 1. The summed E-state index contributed by atoms with van der Waals surface area (Å²) in [5.74, 6) is 0.870. The largest absolute Gasteiger partial charge is 0.491 e. The molecular weight excluding hydrogens is 276 g/mol. The first-order chi connectivity index (χ1) is 10.7. The number of rotatable bonds is 5. The molecule has 0 N–H and O–H groups in total. The summed E-state index contributed by atoms with van der Waals surface area (Å²) < 4.78 is 9.40. The van der Waals surface area contributed by atoms with Gasteiger partial charge in [0.25, 0.3) is 0 Å². The van der Waals surface area contributed by atoms with E-state index in [0.29, 0.717) is 19.7 Å². The molecule has 0 atom stereocenters. The molecule has 0 fully saturated rings. The highest BCUT2D eigenvalue weighted by atomic mass is 16.5. The molecule has 1 aromatic heterocycles. The zero-order valence-electron chi connectivity index (χ0n) is 13.0. The summed E-state index contributed by atoms with van der Waals surface area (Å²) >= 11 is 0. The van der Waals surface area contributed by atoms with Crippen molar-refractivity contribution in [2.75, 3.05) is 6.61 Å². The number of aromatic nitrogens is 2. The molecule has 3 rings (SSSR count). The lowest BCUT2D eigenvalue weighted by Crippen LogP contribution is -2.25. The van der Waals surface area contributed by atoms with E-state index in [4.69, 9.17) is 4.74 Å². The van der Waals surface area contributed by atoms with Gasteiger partial charge in [-0.2, -0.15) is 0 Å². The first-order valence-corrected chi connectivity index (χ1v) is 7.59. The van der Waals surface area contributed by atoms with Crippen LogP contribution in [0.3, 0.4) is 0 Å². The van der Waals surface area contributed by atoms with E-state index in [2.05, 4.69) is 0 Å². The summed E-state index contributed by atoms with van der Waals surface area (Å²) in [4.78, 5) is 12.5. The Morgan fingerprint density at radius 1 is 0.955 bits per heavy atom. The molecule has 0 amide bonds. The van der Waals surface area contributed by atoms with Crippen molar-refractivity contribution >= 4 is 11.0 Å². The molecule has 1 heterocycles. The Labute approximate surface area is 129 Å². The normalized spacial score (nSPS) is 11.0. The van der Waals surface area contributed by atoms with Crippen molar-refractivity contribution in [1.82, 2.24) is 9.13 Å². The van der Waals surface area contributed by atoms with Gasteiger partial charge in [-0.3, -0.25) is 9.13 Å². The summed E-state index contributed by atoms with van der Waals surface area (Å²) in [5, 5.41) is 0. The molecule has 3 aromatic rings. The highest BCUT2D eigenvalue weighted by Gasteiger charge is 2.11. The molecule has 4 heteroatoms. The minimum Gasteiger partial charge on any atom is -0.491 e. The summed E-state index contributed by atoms with van der Waals surface area (Å²) in [6.45, 7) is 5.70. The van der Waals surface area contributed by atoms with E-state index in [0.717, 1.165) is 22.3 Å². The zero-order valence-corrected chi connectivity index (χ0v) is 13.0. The number of hydrogen-bond donors (Lipinski definition) is 0. The van der Waals surface area contributed by atoms with E-state index in [1.54, 1.807) is 9.13 Å². The van der Waals surface area contributed by atoms with E-state index < -0.39 is 0 Å². The average Bonchev–Trinajstić information content (AvgIpc) is 2.81. The van der Waals surface area contributed by atoms with Crippen molar-refractivity contribution in [3.63, 3.8) is 0 Å². The first-order valence-electron chi connectivity index (χ1n) is 7.59. The van der Waals surface area contributed by atoms with Gasteiger partial charge in [0.15, 0.2) is 0 Å². The van der Waals surface area contributed by atoms with Gasteiger partial charge in [-0.15, -0.1) is 0 Å². The van der Waals surface area contributed by atoms with E-state index in [1.165, 1.54) is 0 Å². The number of para-hydroxylation sites is 3. The van der Waals surface area contributed by atoms with Gasteiger partial charge in [0.2, 0.25) is 0 Å². The Hall–Kier alpha value is -2.49. The number of hydrogen-bond acceptors (Lipinski definition) is 2. The molecule has 0 saturated carbocycles. The van der Waals surface area contributed by atoms with Crippen LogP contribution in [0.1, 0.15) is 12.5 Å². The van der Waals surface area contributed by atoms with E-state index >= 15 is 0 Å². The van der Waals surface area contributed by atoms with Crippen LogP contribution < -0.4 is 10.4 Å². The van der Waals surface area contributed by atoms with Crippen molar-refractivity contribution < 1.29 is 4.74 Å². The number of benzene rings is 2. The Morgan fingerprint density at radius 3 is 2.27 bits per heavy atom. The lowest BCUT2D eigenvalue weighted by Gasteiger charge is -2.09. The van der Waals surface area contributed by atoms with Gasteiger partial charge in [-0.05, 0) is 37.6 Å². The topological polar surface area (TPSA) is 36.2 Å². The highest BCUT2D eigenvalue weighted by molar-refractivity contribution is 5.75. The summed E-state index contributed by atoms with van der Waals surface area (Å²) in [7, 11) is 0. The third kappa shape index (κ3) is 2.52. The lowest BCUT2D eigenvalue weighted by atomic mass is 10.2. The maximum atomic E-state index is 12.5. The Kier molecular flexibility index (Phi) is 4.00. The van der Waals surface area contributed by atoms with Crippen molar-refractivity contribution in [2.24, 2.45) is 0 Å². The van der Waals surface area contributed by atoms with Gasteiger partial charge in [0, 0.05) is 6.54 Å². The second kappa shape index (κ2) is 6.10. The molecule has 2 aromatic carbocycles. The molecule has 0 radical (unpaired) electrons. The SMILES string of the molecule is CCn1c(=O)n(CCOc2ccccc2C)c2ccccc21. The number of aryl methyl sites for hydroxylation is 2. The highest BCUT2D eigenvalue weighted by Crippen LogP contribution is 2.17. The van der Waals surface area contributed by atoms with Gasteiger partial charge in [0.05, 0.1) is 17.6 Å². The minimum absolute atomic E-state index is 0.0251. The smallest absolute Gasteiger partial charge is 0.329 e. The van der Waals surface area contributed by atoms with Crippen molar-refractivity contribution in [3.8, 4) is 5.75 Å². The molecule has 4 nitrogen and oxygen atoms in total. The quantitative estimate of drug-likeness (QED) is 0.725. The second-order valence-corrected chi connectivity index (χ2v) is 5.28. The predicted molar refractivity (Wildman–Crippen MR) is 88.5 cm³/mol. The van der Waals surface area contributed by atoms with E-state index in [-0.39, 0.29) is 5.69 Å². The number of fused-ring (bicyclic) bond motifs is 1. The van der Waals surface area contributed by atoms with Crippen molar-refractivity contribution in [1.29, 1.82) is 0 Å². The van der Waals surface area contributed by atoms with Crippen LogP contribution in [0, 0.1) is 6.92 Å². The van der Waals surface area contributed by atoms with Crippen LogP contribution in [-0.4, -0.2) is 15.7 Å². The molecule has 114 valence electrons. The fourth-order valence-electron chi connectivity index (χ4n) is 2.76. The number of ether oxygens (including phenoxy) is 1. The molecule has 0 unspecified atom stereocenters. The van der Waals surface area contributed by atoms with E-state index in [1.807, 2.05) is 62.4 Å². The van der Waals surface area contributed by atoms with E-state index in [9.17, 15) is 4.79 Å². The van der Waals surface area contributed by atoms with Crippen LogP contribution in [0.2, 0.25) is 0 Å². The Bertz CT molecular complexity index is 846. The molecule has 0 bridgehead atoms. The van der Waals surface area contributed by atoms with Crippen LogP contribution in [0.15, 0.2) is 53.3 Å². The van der Waals surface area contributed by atoms with Crippen LogP contribution in [0.25, 0.3) is 11.0 Å². The monoisotopic (exact) mass is 296 g/mol. The van der Waals surface area contributed by atoms with Gasteiger partial charge >= 0.3 is 5.69 Å². The zero-order chi connectivity index (χ0) is 15.5. The molecule has 0 aliphatic carbocycles. The standard InChI is InChI=1S/C18H20N2O2/c1-3-19-15-9-5-6-10-16(15)20(18(19)21)12-13-22-17-11-7-4-8-14(17)2/h4-11H,3,12-13H2,1-2H3. The minimum atomic E-state index is 0.0251. The summed E-state index contributed by atoms with van der Waals surface area (Å²) in [6, 6.07) is 15.8. The molecule has 0 aliphatic rings. The fourth-order valence-corrected chi connectivity index (χ4v) is 2.76. The van der Waals surface area contributed by atoms with Crippen LogP contribution in [0.4, 0.5) is 0 Å². The second-order valence-electron chi connectivity index (χ2n) is 5.28.